The molecule has 2 nitrogen and oxygen atoms in total. The van der Waals surface area contributed by atoms with Crippen molar-refractivity contribution in [3.63, 3.8) is 0 Å². The van der Waals surface area contributed by atoms with E-state index in [0.29, 0.717) is 0 Å². The zero-order chi connectivity index (χ0) is 10.5. The summed E-state index contributed by atoms with van der Waals surface area (Å²) >= 11 is 0. The van der Waals surface area contributed by atoms with E-state index in [0.717, 1.165) is 12.5 Å². The van der Waals surface area contributed by atoms with Gasteiger partial charge in [0.25, 0.3) is 0 Å². The lowest BCUT2D eigenvalue weighted by atomic mass is 10.1. The Morgan fingerprint density at radius 2 is 2.00 bits per heavy atom. The van der Waals surface area contributed by atoms with Gasteiger partial charge in [0.15, 0.2) is 0 Å². The summed E-state index contributed by atoms with van der Waals surface area (Å²) in [7, 11) is 0. The Labute approximate surface area is 91.9 Å². The first kappa shape index (κ1) is 10.5. The first-order chi connectivity index (χ1) is 7.34. The molecule has 0 amide bonds. The molecular formula is C13H19NO. The highest BCUT2D eigenvalue weighted by molar-refractivity contribution is 5.27. The van der Waals surface area contributed by atoms with Crippen LogP contribution in [-0.2, 0) is 0 Å². The second-order valence-electron chi connectivity index (χ2n) is 4.27. The number of likely N-dealkylation sites (tertiary alicyclic amines) is 1. The van der Waals surface area contributed by atoms with Crippen molar-refractivity contribution in [1.29, 1.82) is 0 Å². The third kappa shape index (κ3) is 3.24. The van der Waals surface area contributed by atoms with E-state index in [-0.39, 0.29) is 0 Å². The van der Waals surface area contributed by atoms with Gasteiger partial charge in [0.2, 0.25) is 0 Å². The maximum atomic E-state index is 5.75. The van der Waals surface area contributed by atoms with Crippen molar-refractivity contribution >= 4 is 0 Å². The van der Waals surface area contributed by atoms with Gasteiger partial charge in [-0.1, -0.05) is 18.6 Å². The van der Waals surface area contributed by atoms with Crippen LogP contribution in [0.5, 0.6) is 5.75 Å². The normalized spacial score (nSPS) is 17.7. The second-order valence-corrected chi connectivity index (χ2v) is 4.27. The summed E-state index contributed by atoms with van der Waals surface area (Å²) in [6.45, 7) is 5.20. The summed E-state index contributed by atoms with van der Waals surface area (Å²) in [6, 6.07) is 8.25. The molecule has 1 saturated heterocycles. The lowest BCUT2D eigenvalue weighted by Gasteiger charge is -2.26. The zero-order valence-corrected chi connectivity index (χ0v) is 9.41. The number of nitrogens with zero attached hydrogens (tertiary/aromatic N) is 1. The topological polar surface area (TPSA) is 12.5 Å². The molecular weight excluding hydrogens is 186 g/mol. The van der Waals surface area contributed by atoms with Crippen molar-refractivity contribution in [3.05, 3.63) is 29.8 Å². The zero-order valence-electron chi connectivity index (χ0n) is 9.41. The summed E-state index contributed by atoms with van der Waals surface area (Å²) in [5.41, 5.74) is 1.26. The van der Waals surface area contributed by atoms with Crippen LogP contribution >= 0.6 is 0 Å². The van der Waals surface area contributed by atoms with Gasteiger partial charge in [-0.05, 0) is 37.5 Å². The van der Waals surface area contributed by atoms with E-state index in [9.17, 15) is 0 Å². The standard InChI is InChI=1S/C13H19NO/c1-12-6-5-7-13(10-12)15-11-14-8-3-2-4-9-14/h5-7,10H,2-4,8-9,11H2,1H3. The van der Waals surface area contributed by atoms with Crippen molar-refractivity contribution < 1.29 is 4.74 Å². The highest BCUT2D eigenvalue weighted by Crippen LogP contribution is 2.14. The number of benzene rings is 1. The number of ether oxygens (including phenoxy) is 1. The van der Waals surface area contributed by atoms with Gasteiger partial charge in [-0.15, -0.1) is 0 Å². The summed E-state index contributed by atoms with van der Waals surface area (Å²) in [5.74, 6) is 0.987. The third-order valence-electron chi connectivity index (χ3n) is 2.85. The average Bonchev–Trinajstić information content (AvgIpc) is 2.28. The van der Waals surface area contributed by atoms with Crippen molar-refractivity contribution in [3.8, 4) is 5.75 Å². The Balaban J connectivity index is 1.81. The highest BCUT2D eigenvalue weighted by atomic mass is 16.5. The molecule has 0 N–H and O–H groups in total. The molecule has 0 unspecified atom stereocenters. The fraction of sp³-hybridized carbons (Fsp3) is 0.538. The van der Waals surface area contributed by atoms with Crippen molar-refractivity contribution in [2.45, 2.75) is 26.2 Å². The van der Waals surface area contributed by atoms with Crippen LogP contribution in [0.15, 0.2) is 24.3 Å². The quantitative estimate of drug-likeness (QED) is 0.752. The summed E-state index contributed by atoms with van der Waals surface area (Å²) in [6.07, 6.45) is 4.01. The van der Waals surface area contributed by atoms with Crippen LogP contribution < -0.4 is 4.74 Å². The number of aryl methyl sites for hydroxylation is 1. The van der Waals surface area contributed by atoms with Crippen LogP contribution in [-0.4, -0.2) is 24.7 Å². The molecule has 0 aromatic heterocycles. The van der Waals surface area contributed by atoms with Crippen molar-refractivity contribution in [1.82, 2.24) is 4.90 Å². The van der Waals surface area contributed by atoms with Gasteiger partial charge >= 0.3 is 0 Å². The molecule has 0 bridgehead atoms. The molecule has 1 aliphatic rings. The van der Waals surface area contributed by atoms with Gasteiger partial charge < -0.3 is 4.74 Å². The monoisotopic (exact) mass is 205 g/mol. The first-order valence-corrected chi connectivity index (χ1v) is 5.76. The fourth-order valence-electron chi connectivity index (χ4n) is 1.96. The van der Waals surface area contributed by atoms with E-state index in [1.54, 1.807) is 0 Å². The minimum atomic E-state index is 0.740. The van der Waals surface area contributed by atoms with E-state index in [1.165, 1.54) is 37.9 Å². The van der Waals surface area contributed by atoms with E-state index in [2.05, 4.69) is 24.0 Å². The highest BCUT2D eigenvalue weighted by Gasteiger charge is 2.09. The van der Waals surface area contributed by atoms with E-state index in [1.807, 2.05) is 12.1 Å². The molecule has 0 spiro atoms. The molecule has 0 saturated carbocycles. The molecule has 15 heavy (non-hydrogen) atoms. The number of hydrogen-bond acceptors (Lipinski definition) is 2. The van der Waals surface area contributed by atoms with Crippen molar-refractivity contribution in [2.75, 3.05) is 19.8 Å². The largest absolute Gasteiger partial charge is 0.478 e. The SMILES string of the molecule is Cc1cccc(OCN2CCCCC2)c1. The fourth-order valence-corrected chi connectivity index (χ4v) is 1.96. The molecule has 1 aliphatic heterocycles. The third-order valence-corrected chi connectivity index (χ3v) is 2.85. The Morgan fingerprint density at radius 1 is 1.20 bits per heavy atom. The molecule has 1 fully saturated rings. The molecule has 82 valence electrons. The van der Waals surface area contributed by atoms with Gasteiger partial charge in [-0.2, -0.15) is 0 Å². The summed E-state index contributed by atoms with van der Waals surface area (Å²) in [5, 5.41) is 0. The smallest absolute Gasteiger partial charge is 0.142 e. The van der Waals surface area contributed by atoms with Crippen LogP contribution in [0, 0.1) is 6.92 Å². The number of rotatable bonds is 3. The van der Waals surface area contributed by atoms with E-state index >= 15 is 0 Å². The molecule has 1 heterocycles. The van der Waals surface area contributed by atoms with Gasteiger partial charge in [0.05, 0.1) is 0 Å². The first-order valence-electron chi connectivity index (χ1n) is 5.76. The Bertz CT molecular complexity index is 305. The average molecular weight is 205 g/mol. The Morgan fingerprint density at radius 3 is 2.73 bits per heavy atom. The van der Waals surface area contributed by atoms with Crippen LogP contribution in [0.1, 0.15) is 24.8 Å². The molecule has 1 aromatic rings. The Hall–Kier alpha value is -1.02. The van der Waals surface area contributed by atoms with Crippen LogP contribution in [0.3, 0.4) is 0 Å². The summed E-state index contributed by atoms with van der Waals surface area (Å²) in [4.78, 5) is 2.38. The lowest BCUT2D eigenvalue weighted by molar-refractivity contribution is 0.106. The number of piperidine rings is 1. The molecule has 1 aromatic carbocycles. The van der Waals surface area contributed by atoms with Crippen LogP contribution in [0.25, 0.3) is 0 Å². The Kier molecular flexibility index (Phi) is 3.62. The predicted octanol–water partition coefficient (Wildman–Crippen LogP) is 2.82. The van der Waals surface area contributed by atoms with Crippen LogP contribution in [0.2, 0.25) is 0 Å². The van der Waals surface area contributed by atoms with Crippen LogP contribution in [0.4, 0.5) is 0 Å². The van der Waals surface area contributed by atoms with Gasteiger partial charge in [0.1, 0.15) is 12.5 Å². The van der Waals surface area contributed by atoms with Gasteiger partial charge in [-0.3, -0.25) is 4.90 Å². The molecule has 2 heteroatoms. The minimum absolute atomic E-state index is 0.740. The predicted molar refractivity (Wildman–Crippen MR) is 62.1 cm³/mol. The van der Waals surface area contributed by atoms with Gasteiger partial charge in [0, 0.05) is 13.1 Å². The molecule has 0 atom stereocenters. The lowest BCUT2D eigenvalue weighted by Crippen LogP contribution is -2.33. The minimum Gasteiger partial charge on any atom is -0.478 e. The maximum absolute atomic E-state index is 5.75. The summed E-state index contributed by atoms with van der Waals surface area (Å²) < 4.78 is 5.75. The molecule has 0 aliphatic carbocycles. The maximum Gasteiger partial charge on any atom is 0.142 e. The van der Waals surface area contributed by atoms with Crippen molar-refractivity contribution in [2.24, 2.45) is 0 Å². The van der Waals surface area contributed by atoms with Gasteiger partial charge in [-0.25, -0.2) is 0 Å². The van der Waals surface area contributed by atoms with E-state index in [4.69, 9.17) is 4.74 Å². The second kappa shape index (κ2) is 5.17. The molecule has 0 radical (unpaired) electrons. The number of hydrogen-bond donors (Lipinski definition) is 0. The van der Waals surface area contributed by atoms with E-state index < -0.39 is 0 Å². The molecule has 2 rings (SSSR count).